The van der Waals surface area contributed by atoms with Gasteiger partial charge in [-0.1, -0.05) is 59.8 Å². The molecule has 146 valence electrons. The molecule has 0 aliphatic heterocycles. The molecule has 1 atom stereocenters. The highest BCUT2D eigenvalue weighted by Gasteiger charge is 2.14. The van der Waals surface area contributed by atoms with Gasteiger partial charge in [0, 0.05) is 5.56 Å². The zero-order valence-corrected chi connectivity index (χ0v) is 16.5. The summed E-state index contributed by atoms with van der Waals surface area (Å²) in [7, 11) is 0. The van der Waals surface area contributed by atoms with Gasteiger partial charge in [0.15, 0.2) is 0 Å². The number of rotatable bonds is 6. The molecule has 4 aromatic rings. The normalized spacial score (nSPS) is 12.0. The lowest BCUT2D eigenvalue weighted by atomic mass is 9.99. The third-order valence-electron chi connectivity index (χ3n) is 4.90. The van der Waals surface area contributed by atoms with Crippen LogP contribution in [0.3, 0.4) is 0 Å². The number of hydrogen-bond acceptors (Lipinski definition) is 4. The van der Waals surface area contributed by atoms with Crippen molar-refractivity contribution in [3.63, 3.8) is 0 Å². The predicted molar refractivity (Wildman–Crippen MR) is 113 cm³/mol. The molecule has 0 bridgehead atoms. The van der Waals surface area contributed by atoms with Crippen LogP contribution in [0.2, 0.25) is 0 Å². The summed E-state index contributed by atoms with van der Waals surface area (Å²) >= 11 is 0. The van der Waals surface area contributed by atoms with E-state index < -0.39 is 6.10 Å². The molecule has 0 fully saturated rings. The summed E-state index contributed by atoms with van der Waals surface area (Å²) < 4.78 is 7.32. The van der Waals surface area contributed by atoms with Crippen molar-refractivity contribution in [2.45, 2.75) is 20.0 Å². The fourth-order valence-corrected chi connectivity index (χ4v) is 3.34. The molecule has 0 aliphatic rings. The molecule has 0 aliphatic carbocycles. The van der Waals surface area contributed by atoms with Crippen LogP contribution in [0.15, 0.2) is 78.9 Å². The smallest absolute Gasteiger partial charge is 0.119 e. The van der Waals surface area contributed by atoms with Crippen LogP contribution >= 0.6 is 0 Å². The van der Waals surface area contributed by atoms with Crippen molar-refractivity contribution in [2.24, 2.45) is 0 Å². The van der Waals surface area contributed by atoms with E-state index in [0.29, 0.717) is 6.61 Å². The molecule has 0 radical (unpaired) electrons. The van der Waals surface area contributed by atoms with Gasteiger partial charge in [-0.2, -0.15) is 0 Å². The second-order valence-corrected chi connectivity index (χ2v) is 6.80. The standard InChI is InChI=1S/C24H23N3O2/c1-3-29-22-15-13-21(14-16-22)27-17(2)23(25-26-27)18-9-11-20(12-10-18)24(28)19-7-5-4-6-8-19/h4-16,24,28H,3H2,1-2H3. The van der Waals surface area contributed by atoms with E-state index >= 15 is 0 Å². The van der Waals surface area contributed by atoms with E-state index in [9.17, 15) is 5.11 Å². The van der Waals surface area contributed by atoms with Crippen molar-refractivity contribution in [3.8, 4) is 22.7 Å². The highest BCUT2D eigenvalue weighted by molar-refractivity contribution is 5.62. The zero-order valence-electron chi connectivity index (χ0n) is 16.5. The lowest BCUT2D eigenvalue weighted by Crippen LogP contribution is -2.00. The van der Waals surface area contributed by atoms with E-state index in [-0.39, 0.29) is 0 Å². The number of ether oxygens (including phenoxy) is 1. The monoisotopic (exact) mass is 385 g/mol. The maximum absolute atomic E-state index is 10.6. The number of hydrogen-bond donors (Lipinski definition) is 1. The molecule has 4 rings (SSSR count). The molecule has 3 aromatic carbocycles. The molecule has 1 aromatic heterocycles. The van der Waals surface area contributed by atoms with Crippen molar-refractivity contribution in [2.75, 3.05) is 6.61 Å². The van der Waals surface area contributed by atoms with E-state index in [1.807, 2.05) is 97.4 Å². The maximum atomic E-state index is 10.6. The van der Waals surface area contributed by atoms with Crippen LogP contribution in [-0.2, 0) is 0 Å². The highest BCUT2D eigenvalue weighted by Crippen LogP contribution is 2.27. The minimum absolute atomic E-state index is 0.640. The van der Waals surface area contributed by atoms with E-state index in [2.05, 4.69) is 10.3 Å². The Labute approximate surface area is 170 Å². The van der Waals surface area contributed by atoms with Gasteiger partial charge in [-0.3, -0.25) is 0 Å². The SMILES string of the molecule is CCOc1ccc(-n2nnc(-c3ccc(C(O)c4ccccc4)cc3)c2C)cc1. The van der Waals surface area contributed by atoms with Crippen LogP contribution in [0.4, 0.5) is 0 Å². The Bertz CT molecular complexity index is 1070. The fourth-order valence-electron chi connectivity index (χ4n) is 3.34. The second kappa shape index (κ2) is 8.29. The van der Waals surface area contributed by atoms with E-state index in [1.54, 1.807) is 0 Å². The van der Waals surface area contributed by atoms with Crippen LogP contribution < -0.4 is 4.74 Å². The maximum Gasteiger partial charge on any atom is 0.119 e. The summed E-state index contributed by atoms with van der Waals surface area (Å²) in [5.74, 6) is 0.835. The lowest BCUT2D eigenvalue weighted by Gasteiger charge is -2.12. The molecule has 1 N–H and O–H groups in total. The summed E-state index contributed by atoms with van der Waals surface area (Å²) in [4.78, 5) is 0. The third-order valence-corrected chi connectivity index (χ3v) is 4.90. The van der Waals surface area contributed by atoms with Gasteiger partial charge in [0.1, 0.15) is 17.5 Å². The number of aliphatic hydroxyl groups is 1. The fraction of sp³-hybridized carbons (Fsp3) is 0.167. The highest BCUT2D eigenvalue weighted by atomic mass is 16.5. The molecule has 1 unspecified atom stereocenters. The molecule has 29 heavy (non-hydrogen) atoms. The van der Waals surface area contributed by atoms with E-state index in [1.165, 1.54) is 0 Å². The van der Waals surface area contributed by atoms with Gasteiger partial charge in [0.2, 0.25) is 0 Å². The number of aromatic nitrogens is 3. The van der Waals surface area contributed by atoms with E-state index in [4.69, 9.17) is 4.74 Å². The van der Waals surface area contributed by atoms with Crippen LogP contribution in [0, 0.1) is 6.92 Å². The van der Waals surface area contributed by atoms with Crippen molar-refractivity contribution in [1.82, 2.24) is 15.0 Å². The Hall–Kier alpha value is -3.44. The predicted octanol–water partition coefficient (Wildman–Crippen LogP) is 4.72. The van der Waals surface area contributed by atoms with E-state index in [0.717, 1.165) is 39.5 Å². The first-order valence-corrected chi connectivity index (χ1v) is 9.66. The molecular formula is C24H23N3O2. The first kappa shape index (κ1) is 18.9. The number of aliphatic hydroxyl groups excluding tert-OH is 1. The lowest BCUT2D eigenvalue weighted by molar-refractivity contribution is 0.220. The van der Waals surface area contributed by atoms with Gasteiger partial charge in [-0.25, -0.2) is 4.68 Å². The number of nitrogens with zero attached hydrogens (tertiary/aromatic N) is 3. The molecule has 5 nitrogen and oxygen atoms in total. The van der Waals surface area contributed by atoms with Crippen molar-refractivity contribution in [3.05, 3.63) is 95.7 Å². The molecule has 1 heterocycles. The van der Waals surface area contributed by atoms with Crippen molar-refractivity contribution >= 4 is 0 Å². The largest absolute Gasteiger partial charge is 0.494 e. The Morgan fingerprint density at radius 1 is 0.897 bits per heavy atom. The summed E-state index contributed by atoms with van der Waals surface area (Å²) in [6.45, 7) is 4.60. The van der Waals surface area contributed by atoms with Crippen LogP contribution in [0.5, 0.6) is 5.75 Å². The number of benzene rings is 3. The summed E-state index contributed by atoms with van der Waals surface area (Å²) in [5, 5.41) is 19.3. The molecule has 0 saturated carbocycles. The van der Waals surface area contributed by atoms with Crippen LogP contribution in [0.25, 0.3) is 16.9 Å². The minimum Gasteiger partial charge on any atom is -0.494 e. The minimum atomic E-state index is -0.647. The first-order valence-electron chi connectivity index (χ1n) is 9.66. The zero-order chi connectivity index (χ0) is 20.2. The topological polar surface area (TPSA) is 60.2 Å². The van der Waals surface area contributed by atoms with Gasteiger partial charge >= 0.3 is 0 Å². The summed E-state index contributed by atoms with van der Waals surface area (Å²) in [6, 6.07) is 25.2. The molecule has 0 saturated heterocycles. The molecular weight excluding hydrogens is 362 g/mol. The van der Waals surface area contributed by atoms with Gasteiger partial charge in [-0.15, -0.1) is 5.10 Å². The summed E-state index contributed by atoms with van der Waals surface area (Å²) in [6.07, 6.45) is -0.647. The van der Waals surface area contributed by atoms with Gasteiger partial charge in [0.05, 0.1) is 18.0 Å². The van der Waals surface area contributed by atoms with Crippen molar-refractivity contribution < 1.29 is 9.84 Å². The Morgan fingerprint density at radius 3 is 2.21 bits per heavy atom. The summed E-state index contributed by atoms with van der Waals surface area (Å²) in [5.41, 5.74) is 5.38. The molecule has 0 spiro atoms. The first-order chi connectivity index (χ1) is 14.2. The third kappa shape index (κ3) is 3.91. The van der Waals surface area contributed by atoms with Gasteiger partial charge in [-0.05, 0) is 49.2 Å². The van der Waals surface area contributed by atoms with Crippen molar-refractivity contribution in [1.29, 1.82) is 0 Å². The van der Waals surface area contributed by atoms with Gasteiger partial charge in [0.25, 0.3) is 0 Å². The molecule has 0 amide bonds. The average molecular weight is 385 g/mol. The average Bonchev–Trinajstić information content (AvgIpc) is 3.16. The second-order valence-electron chi connectivity index (χ2n) is 6.80. The van der Waals surface area contributed by atoms with Crippen LogP contribution in [-0.4, -0.2) is 26.7 Å². The Morgan fingerprint density at radius 2 is 1.55 bits per heavy atom. The Balaban J connectivity index is 1.58. The quantitative estimate of drug-likeness (QED) is 0.522. The van der Waals surface area contributed by atoms with Crippen LogP contribution in [0.1, 0.15) is 29.8 Å². The molecule has 5 heteroatoms. The van der Waals surface area contributed by atoms with Gasteiger partial charge < -0.3 is 9.84 Å². The Kier molecular flexibility index (Phi) is 5.40.